The van der Waals surface area contributed by atoms with Crippen LogP contribution in [-0.4, -0.2) is 15.9 Å². The molecule has 0 spiro atoms. The predicted molar refractivity (Wildman–Crippen MR) is 92.9 cm³/mol. The lowest BCUT2D eigenvalue weighted by Crippen LogP contribution is -2.23. The van der Waals surface area contributed by atoms with E-state index in [0.29, 0.717) is 16.8 Å². The Bertz CT molecular complexity index is 1040. The number of aromatic nitrogens is 2. The number of fused-ring (bicyclic) bond motifs is 1. The Labute approximate surface area is 142 Å². The quantitative estimate of drug-likeness (QED) is 0.720. The number of nitrogens with zero attached hydrogens (tertiary/aromatic N) is 1. The molecule has 0 radical (unpaired) electrons. The summed E-state index contributed by atoms with van der Waals surface area (Å²) in [4.78, 5) is 30.2. The average Bonchev–Trinajstić information content (AvgIpc) is 2.53. The fourth-order valence-corrected chi connectivity index (χ4v) is 3.37. The van der Waals surface area contributed by atoms with Crippen molar-refractivity contribution in [2.24, 2.45) is 5.73 Å². The van der Waals surface area contributed by atoms with Gasteiger partial charge in [0, 0.05) is 17.3 Å². The number of H-pyrrole nitrogens is 1. The molecule has 0 atom stereocenters. The van der Waals surface area contributed by atoms with Crippen molar-refractivity contribution in [3.63, 3.8) is 0 Å². The maximum absolute atomic E-state index is 13.2. The fraction of sp³-hybridized carbons (Fsp3) is 0.211. The summed E-state index contributed by atoms with van der Waals surface area (Å²) in [5.74, 6) is -0.918. The van der Waals surface area contributed by atoms with Gasteiger partial charge in [0.25, 0.3) is 11.5 Å². The maximum Gasteiger partial charge on any atom is 0.261 e. The van der Waals surface area contributed by atoms with Crippen molar-refractivity contribution in [1.82, 2.24) is 9.97 Å². The summed E-state index contributed by atoms with van der Waals surface area (Å²) in [6, 6.07) is 8.34. The first-order valence-corrected chi connectivity index (χ1v) is 8.16. The second kappa shape index (κ2) is 5.81. The number of primary amides is 1. The number of halogens is 1. The molecule has 1 saturated carbocycles. The highest BCUT2D eigenvalue weighted by Crippen LogP contribution is 2.43. The van der Waals surface area contributed by atoms with E-state index in [9.17, 15) is 14.0 Å². The van der Waals surface area contributed by atoms with E-state index in [4.69, 9.17) is 5.73 Å². The van der Waals surface area contributed by atoms with E-state index in [1.54, 1.807) is 6.07 Å². The average molecular weight is 337 g/mol. The molecular weight excluding hydrogens is 321 g/mol. The lowest BCUT2D eigenvalue weighted by molar-refractivity contribution is 0.0999. The van der Waals surface area contributed by atoms with Crippen molar-refractivity contribution in [3.05, 3.63) is 64.0 Å². The molecule has 2 aromatic heterocycles. The van der Waals surface area contributed by atoms with Gasteiger partial charge < -0.3 is 10.7 Å². The second-order valence-corrected chi connectivity index (χ2v) is 6.37. The van der Waals surface area contributed by atoms with Crippen molar-refractivity contribution < 1.29 is 9.18 Å². The molecule has 25 heavy (non-hydrogen) atoms. The van der Waals surface area contributed by atoms with Crippen LogP contribution in [0.2, 0.25) is 0 Å². The van der Waals surface area contributed by atoms with Crippen LogP contribution in [0.25, 0.3) is 22.0 Å². The van der Waals surface area contributed by atoms with Gasteiger partial charge in [-0.05, 0) is 47.9 Å². The molecule has 1 aliphatic rings. The van der Waals surface area contributed by atoms with Gasteiger partial charge in [-0.1, -0.05) is 18.6 Å². The highest BCUT2D eigenvalue weighted by molar-refractivity contribution is 6.00. The van der Waals surface area contributed by atoms with Crippen LogP contribution in [0.4, 0.5) is 4.39 Å². The van der Waals surface area contributed by atoms with Crippen molar-refractivity contribution in [1.29, 1.82) is 0 Å². The molecule has 1 aromatic carbocycles. The minimum Gasteiger partial charge on any atom is -0.365 e. The Balaban J connectivity index is 2.04. The number of nitrogens with one attached hydrogen (secondary N) is 1. The number of nitrogens with two attached hydrogens (primary N) is 1. The number of amides is 1. The van der Waals surface area contributed by atoms with E-state index >= 15 is 0 Å². The smallest absolute Gasteiger partial charge is 0.261 e. The van der Waals surface area contributed by atoms with Crippen LogP contribution in [-0.2, 0) is 0 Å². The van der Waals surface area contributed by atoms with Crippen LogP contribution in [0.1, 0.15) is 41.1 Å². The molecular formula is C19H16FN3O2. The van der Waals surface area contributed by atoms with Gasteiger partial charge in [0.15, 0.2) is 0 Å². The first kappa shape index (κ1) is 15.5. The van der Waals surface area contributed by atoms with Gasteiger partial charge in [-0.15, -0.1) is 0 Å². The molecule has 0 aliphatic heterocycles. The Hall–Kier alpha value is -3.02. The molecule has 126 valence electrons. The lowest BCUT2D eigenvalue weighted by Gasteiger charge is -2.28. The normalized spacial score (nSPS) is 14.4. The highest BCUT2D eigenvalue weighted by Gasteiger charge is 2.25. The predicted octanol–water partition coefficient (Wildman–Crippen LogP) is 3.10. The van der Waals surface area contributed by atoms with Crippen LogP contribution in [0, 0.1) is 5.95 Å². The van der Waals surface area contributed by atoms with Crippen molar-refractivity contribution in [2.75, 3.05) is 0 Å². The van der Waals surface area contributed by atoms with E-state index in [1.165, 1.54) is 24.8 Å². The molecule has 1 fully saturated rings. The Morgan fingerprint density at radius 3 is 2.64 bits per heavy atom. The number of hydrogen-bond donors (Lipinski definition) is 2. The molecule has 6 heteroatoms. The van der Waals surface area contributed by atoms with Crippen molar-refractivity contribution >= 4 is 16.8 Å². The number of rotatable bonds is 3. The fourth-order valence-electron chi connectivity index (χ4n) is 3.37. The first-order valence-electron chi connectivity index (χ1n) is 8.16. The first-order chi connectivity index (χ1) is 12.0. The van der Waals surface area contributed by atoms with E-state index in [1.807, 2.05) is 12.1 Å². The topological polar surface area (TPSA) is 88.8 Å². The zero-order valence-electron chi connectivity index (χ0n) is 13.4. The third-order valence-electron chi connectivity index (χ3n) is 4.88. The largest absolute Gasteiger partial charge is 0.365 e. The third kappa shape index (κ3) is 2.59. The van der Waals surface area contributed by atoms with Gasteiger partial charge in [-0.2, -0.15) is 4.39 Å². The molecule has 3 N–H and O–H groups in total. The summed E-state index contributed by atoms with van der Waals surface area (Å²) in [7, 11) is 0. The van der Waals surface area contributed by atoms with Crippen LogP contribution in [0.5, 0.6) is 0 Å². The van der Waals surface area contributed by atoms with E-state index < -0.39 is 17.4 Å². The van der Waals surface area contributed by atoms with Crippen molar-refractivity contribution in [2.45, 2.75) is 25.2 Å². The number of carbonyl (C=O) groups excluding carboxylic acids is 1. The van der Waals surface area contributed by atoms with Crippen LogP contribution in [0.15, 0.2) is 41.3 Å². The van der Waals surface area contributed by atoms with Gasteiger partial charge in [0.1, 0.15) is 5.56 Å². The van der Waals surface area contributed by atoms with Crippen LogP contribution in [0.3, 0.4) is 0 Å². The number of hydrogen-bond acceptors (Lipinski definition) is 3. The summed E-state index contributed by atoms with van der Waals surface area (Å²) in [5.41, 5.74) is 7.96. The van der Waals surface area contributed by atoms with E-state index in [2.05, 4.69) is 9.97 Å². The third-order valence-corrected chi connectivity index (χ3v) is 4.88. The molecule has 3 aromatic rings. The zero-order valence-corrected chi connectivity index (χ0v) is 13.4. The Morgan fingerprint density at radius 1 is 1.24 bits per heavy atom. The molecule has 1 aliphatic carbocycles. The zero-order chi connectivity index (χ0) is 17.6. The maximum atomic E-state index is 13.2. The van der Waals surface area contributed by atoms with Gasteiger partial charge >= 0.3 is 0 Å². The van der Waals surface area contributed by atoms with Crippen molar-refractivity contribution in [3.8, 4) is 11.1 Å². The number of aromatic amines is 1. The van der Waals surface area contributed by atoms with Gasteiger partial charge in [-0.25, -0.2) is 4.98 Å². The Kier molecular flexibility index (Phi) is 3.60. The van der Waals surface area contributed by atoms with Crippen LogP contribution < -0.4 is 11.3 Å². The summed E-state index contributed by atoms with van der Waals surface area (Å²) in [5, 5.41) is 0.704. The number of benzene rings is 1. The second-order valence-electron chi connectivity index (χ2n) is 6.37. The minimum absolute atomic E-state index is 0.0768. The molecule has 0 unspecified atom stereocenters. The summed E-state index contributed by atoms with van der Waals surface area (Å²) in [6.45, 7) is 0. The number of carbonyl (C=O) groups is 1. The molecule has 0 bridgehead atoms. The van der Waals surface area contributed by atoms with Gasteiger partial charge in [0.05, 0.1) is 5.52 Å². The van der Waals surface area contributed by atoms with Gasteiger partial charge in [0.2, 0.25) is 5.95 Å². The molecule has 1 amide bonds. The molecule has 2 heterocycles. The van der Waals surface area contributed by atoms with E-state index in [-0.39, 0.29) is 5.56 Å². The summed E-state index contributed by atoms with van der Waals surface area (Å²) in [6.07, 6.45) is 4.79. The summed E-state index contributed by atoms with van der Waals surface area (Å²) >= 11 is 0. The summed E-state index contributed by atoms with van der Waals surface area (Å²) < 4.78 is 13.2. The van der Waals surface area contributed by atoms with Gasteiger partial charge in [-0.3, -0.25) is 9.59 Å². The minimum atomic E-state index is -0.767. The molecule has 4 rings (SSSR count). The molecule has 0 saturated heterocycles. The standard InChI is InChI=1S/C19H16FN3O2/c20-15-7-5-12(9-22-15)16-13(10-2-1-3-10)6-4-11-8-14(18(21)24)19(25)23-17(11)16/h4-10H,1-3H2,(H2,21,24)(H,23,25). The highest BCUT2D eigenvalue weighted by atomic mass is 19.1. The SMILES string of the molecule is NC(=O)c1cc2ccc(C3CCC3)c(-c3ccc(F)nc3)c2[nH]c1=O. The monoisotopic (exact) mass is 337 g/mol. The van der Waals surface area contributed by atoms with E-state index in [0.717, 1.165) is 29.5 Å². The Morgan fingerprint density at radius 2 is 2.04 bits per heavy atom. The lowest BCUT2D eigenvalue weighted by atomic mass is 9.76. The van der Waals surface area contributed by atoms with Crippen LogP contribution >= 0.6 is 0 Å². The molecule has 5 nitrogen and oxygen atoms in total. The number of pyridine rings is 2.